The number of hydrogen-bond donors (Lipinski definition) is 0. The third-order valence-corrected chi connectivity index (χ3v) is 5.14. The Hall–Kier alpha value is -2.95. The number of hydrogen-bond acceptors (Lipinski definition) is 4. The number of rotatable bonds is 6. The Kier molecular flexibility index (Phi) is 5.01. The van der Waals surface area contributed by atoms with Gasteiger partial charge >= 0.3 is 0 Å². The summed E-state index contributed by atoms with van der Waals surface area (Å²) in [4.78, 5) is 31.9. The van der Waals surface area contributed by atoms with Gasteiger partial charge in [-0.3, -0.25) is 14.5 Å². The molecule has 0 N–H and O–H groups in total. The van der Waals surface area contributed by atoms with Crippen molar-refractivity contribution in [2.75, 3.05) is 0 Å². The smallest absolute Gasteiger partial charge is 0.230 e. The summed E-state index contributed by atoms with van der Waals surface area (Å²) in [6, 6.07) is 19.7. The van der Waals surface area contributed by atoms with Crippen molar-refractivity contribution in [3.63, 3.8) is 0 Å². The molecule has 2 aromatic rings. The molecule has 2 atom stereocenters. The molecule has 2 unspecified atom stereocenters. The van der Waals surface area contributed by atoms with Crippen LogP contribution in [0, 0.1) is 0 Å². The van der Waals surface area contributed by atoms with Crippen molar-refractivity contribution in [2.45, 2.75) is 44.2 Å². The highest BCUT2D eigenvalue weighted by atomic mass is 16.6. The SMILES string of the molecule is O=C1CCC(=O)N1C(Cc1ccccc1)C1CC(Cc2ccccc2)=NO1. The van der Waals surface area contributed by atoms with Gasteiger partial charge in [0, 0.05) is 25.7 Å². The maximum atomic E-state index is 12.4. The minimum absolute atomic E-state index is 0.110. The van der Waals surface area contributed by atoms with E-state index in [2.05, 4.69) is 17.3 Å². The average molecular weight is 362 g/mol. The lowest BCUT2D eigenvalue weighted by molar-refractivity contribution is -0.144. The zero-order valence-corrected chi connectivity index (χ0v) is 15.1. The Balaban J connectivity index is 1.51. The summed E-state index contributed by atoms with van der Waals surface area (Å²) in [5.74, 6) is -0.220. The van der Waals surface area contributed by atoms with Crippen molar-refractivity contribution >= 4 is 17.5 Å². The third kappa shape index (κ3) is 3.92. The van der Waals surface area contributed by atoms with E-state index < -0.39 is 0 Å². The first-order valence-electron chi connectivity index (χ1n) is 9.35. The van der Waals surface area contributed by atoms with E-state index in [0.717, 1.165) is 17.7 Å². The molecule has 1 saturated heterocycles. The van der Waals surface area contributed by atoms with Gasteiger partial charge in [-0.15, -0.1) is 0 Å². The number of oxime groups is 1. The first kappa shape index (κ1) is 17.5. The summed E-state index contributed by atoms with van der Waals surface area (Å²) in [6.07, 6.45) is 2.20. The molecular weight excluding hydrogens is 340 g/mol. The van der Waals surface area contributed by atoms with Crippen LogP contribution in [-0.4, -0.2) is 34.6 Å². The van der Waals surface area contributed by atoms with Crippen LogP contribution < -0.4 is 0 Å². The van der Waals surface area contributed by atoms with Gasteiger partial charge in [0.1, 0.15) is 0 Å². The Morgan fingerprint density at radius 2 is 1.52 bits per heavy atom. The summed E-state index contributed by atoms with van der Waals surface area (Å²) in [5, 5.41) is 4.26. The van der Waals surface area contributed by atoms with Gasteiger partial charge in [-0.1, -0.05) is 65.8 Å². The number of amides is 2. The highest BCUT2D eigenvalue weighted by molar-refractivity contribution is 6.02. The van der Waals surface area contributed by atoms with E-state index in [0.29, 0.717) is 12.8 Å². The van der Waals surface area contributed by atoms with Gasteiger partial charge in [0.05, 0.1) is 11.8 Å². The van der Waals surface area contributed by atoms with Gasteiger partial charge in [-0.05, 0) is 17.5 Å². The van der Waals surface area contributed by atoms with E-state index in [9.17, 15) is 9.59 Å². The molecule has 2 heterocycles. The van der Waals surface area contributed by atoms with Crippen LogP contribution in [0.2, 0.25) is 0 Å². The topological polar surface area (TPSA) is 59.0 Å². The van der Waals surface area contributed by atoms with Gasteiger partial charge in [0.2, 0.25) is 11.8 Å². The molecule has 2 aliphatic heterocycles. The molecular formula is C22H22N2O3. The molecule has 138 valence electrons. The number of nitrogens with zero attached hydrogens (tertiary/aromatic N) is 2. The first-order chi connectivity index (χ1) is 13.2. The van der Waals surface area contributed by atoms with E-state index in [1.807, 2.05) is 48.5 Å². The second-order valence-corrected chi connectivity index (χ2v) is 7.08. The molecule has 0 bridgehead atoms. The fourth-order valence-electron chi connectivity index (χ4n) is 3.80. The summed E-state index contributed by atoms with van der Waals surface area (Å²) in [6.45, 7) is 0. The first-order valence-corrected chi connectivity index (χ1v) is 9.35. The maximum Gasteiger partial charge on any atom is 0.230 e. The monoisotopic (exact) mass is 362 g/mol. The molecule has 0 saturated carbocycles. The number of imide groups is 1. The molecule has 0 aliphatic carbocycles. The second kappa shape index (κ2) is 7.74. The molecule has 27 heavy (non-hydrogen) atoms. The molecule has 2 amide bonds. The van der Waals surface area contributed by atoms with Crippen molar-refractivity contribution in [2.24, 2.45) is 5.16 Å². The Morgan fingerprint density at radius 3 is 2.15 bits per heavy atom. The van der Waals surface area contributed by atoms with Gasteiger partial charge < -0.3 is 4.84 Å². The quantitative estimate of drug-likeness (QED) is 0.742. The van der Waals surface area contributed by atoms with Gasteiger partial charge in [-0.25, -0.2) is 0 Å². The van der Waals surface area contributed by atoms with E-state index in [1.165, 1.54) is 10.5 Å². The minimum Gasteiger partial charge on any atom is -0.390 e. The van der Waals surface area contributed by atoms with Crippen molar-refractivity contribution in [3.8, 4) is 0 Å². The Bertz CT molecular complexity index is 832. The second-order valence-electron chi connectivity index (χ2n) is 7.08. The van der Waals surface area contributed by atoms with E-state index in [-0.39, 0.29) is 36.8 Å². The van der Waals surface area contributed by atoms with Crippen LogP contribution in [-0.2, 0) is 27.3 Å². The molecule has 2 aliphatic rings. The zero-order valence-electron chi connectivity index (χ0n) is 15.1. The molecule has 0 radical (unpaired) electrons. The number of carbonyl (C=O) groups excluding carboxylic acids is 2. The van der Waals surface area contributed by atoms with Crippen molar-refractivity contribution in [1.29, 1.82) is 0 Å². The van der Waals surface area contributed by atoms with Gasteiger partial charge in [-0.2, -0.15) is 0 Å². The molecule has 0 aromatic heterocycles. The molecule has 2 aromatic carbocycles. The predicted molar refractivity (Wildman–Crippen MR) is 102 cm³/mol. The summed E-state index contributed by atoms with van der Waals surface area (Å²) >= 11 is 0. The van der Waals surface area contributed by atoms with Crippen LogP contribution in [0.15, 0.2) is 65.8 Å². The van der Waals surface area contributed by atoms with Crippen LogP contribution >= 0.6 is 0 Å². The Morgan fingerprint density at radius 1 is 0.926 bits per heavy atom. The van der Waals surface area contributed by atoms with Gasteiger partial charge in [0.15, 0.2) is 6.10 Å². The summed E-state index contributed by atoms with van der Waals surface area (Å²) in [5.41, 5.74) is 3.20. The van der Waals surface area contributed by atoms with E-state index in [4.69, 9.17) is 4.84 Å². The summed E-state index contributed by atoms with van der Waals surface area (Å²) < 4.78 is 0. The van der Waals surface area contributed by atoms with Gasteiger partial charge in [0.25, 0.3) is 0 Å². The van der Waals surface area contributed by atoms with Crippen molar-refractivity contribution in [3.05, 3.63) is 71.8 Å². The summed E-state index contributed by atoms with van der Waals surface area (Å²) in [7, 11) is 0. The van der Waals surface area contributed by atoms with Crippen molar-refractivity contribution in [1.82, 2.24) is 4.90 Å². The highest BCUT2D eigenvalue weighted by Gasteiger charge is 2.42. The molecule has 5 nitrogen and oxygen atoms in total. The van der Waals surface area contributed by atoms with E-state index in [1.54, 1.807) is 0 Å². The third-order valence-electron chi connectivity index (χ3n) is 5.14. The Labute approximate surface area is 158 Å². The zero-order chi connectivity index (χ0) is 18.6. The fraction of sp³-hybridized carbons (Fsp3) is 0.318. The van der Waals surface area contributed by atoms with Crippen LogP contribution in [0.1, 0.15) is 30.4 Å². The number of carbonyl (C=O) groups is 2. The average Bonchev–Trinajstić information content (AvgIpc) is 3.28. The molecule has 4 rings (SSSR count). The lowest BCUT2D eigenvalue weighted by Gasteiger charge is -2.29. The largest absolute Gasteiger partial charge is 0.390 e. The van der Waals surface area contributed by atoms with Crippen LogP contribution in [0.3, 0.4) is 0 Å². The van der Waals surface area contributed by atoms with Crippen LogP contribution in [0.4, 0.5) is 0 Å². The predicted octanol–water partition coefficient (Wildman–Crippen LogP) is 3.13. The lowest BCUT2D eigenvalue weighted by Crippen LogP contribution is -2.48. The minimum atomic E-state index is -0.327. The van der Waals surface area contributed by atoms with Crippen LogP contribution in [0.25, 0.3) is 0 Å². The molecule has 0 spiro atoms. The standard InChI is InChI=1S/C22H22N2O3/c25-21-11-12-22(26)24(21)19(14-17-9-5-2-6-10-17)20-15-18(23-27-20)13-16-7-3-1-4-8-16/h1-10,19-20H,11-15H2. The molecule has 5 heteroatoms. The number of benzene rings is 2. The van der Waals surface area contributed by atoms with Crippen molar-refractivity contribution < 1.29 is 14.4 Å². The fourth-order valence-corrected chi connectivity index (χ4v) is 3.80. The number of likely N-dealkylation sites (tertiary alicyclic amines) is 1. The molecule has 1 fully saturated rings. The normalized spacial score (nSPS) is 20.5. The van der Waals surface area contributed by atoms with Crippen LogP contribution in [0.5, 0.6) is 0 Å². The lowest BCUT2D eigenvalue weighted by atomic mass is 9.95. The van der Waals surface area contributed by atoms with E-state index >= 15 is 0 Å². The maximum absolute atomic E-state index is 12.4. The highest BCUT2D eigenvalue weighted by Crippen LogP contribution is 2.27.